The van der Waals surface area contributed by atoms with Crippen molar-refractivity contribution < 1.29 is 4.79 Å². The molecule has 3 aliphatic rings. The van der Waals surface area contributed by atoms with Gasteiger partial charge in [-0.1, -0.05) is 18.5 Å². The third-order valence-electron chi connectivity index (χ3n) is 5.48. The number of aliphatic imine (C=N–C) groups is 1. The van der Waals surface area contributed by atoms with Gasteiger partial charge >= 0.3 is 0 Å². The number of amidine groups is 1. The number of fused-ring (bicyclic) bond motifs is 1. The van der Waals surface area contributed by atoms with E-state index < -0.39 is 0 Å². The molecule has 4 heterocycles. The number of nitrogens with zero attached hydrogens (tertiary/aromatic N) is 4. The lowest BCUT2D eigenvalue weighted by Gasteiger charge is -2.27. The van der Waals surface area contributed by atoms with Crippen LogP contribution in [0.5, 0.6) is 0 Å². The van der Waals surface area contributed by atoms with Crippen molar-refractivity contribution in [2.24, 2.45) is 10.9 Å². The Morgan fingerprint density at radius 2 is 2.29 bits per heavy atom. The van der Waals surface area contributed by atoms with Gasteiger partial charge in [0.25, 0.3) is 0 Å². The van der Waals surface area contributed by atoms with E-state index in [9.17, 15) is 4.79 Å². The normalized spacial score (nSPS) is 23.5. The predicted molar refractivity (Wildman–Crippen MR) is 111 cm³/mol. The number of anilines is 1. The number of carbonyl (C=O) groups excluding carboxylic acids is 1. The standard InChI is InChI=1S/C20H25ClN6O/c1-3-12-9-23-18(15-11-25-17-14(15)8-13(21)10-24-17)26-19(12)27-7-5-6-16(27)20(28)22-4-2/h9-11,14,16H,3-8H2,1-2H3,(H,22,28)(H,24,25). The summed E-state index contributed by atoms with van der Waals surface area (Å²) in [6, 6.07) is -0.173. The summed E-state index contributed by atoms with van der Waals surface area (Å²) in [7, 11) is 0. The van der Waals surface area contributed by atoms with Gasteiger partial charge < -0.3 is 15.5 Å². The summed E-state index contributed by atoms with van der Waals surface area (Å²) in [6.45, 7) is 5.49. The van der Waals surface area contributed by atoms with E-state index in [-0.39, 0.29) is 17.9 Å². The van der Waals surface area contributed by atoms with Crippen LogP contribution in [0.15, 0.2) is 28.6 Å². The molecule has 0 radical (unpaired) electrons. The van der Waals surface area contributed by atoms with Crippen LogP contribution in [0.4, 0.5) is 5.82 Å². The lowest BCUT2D eigenvalue weighted by molar-refractivity contribution is -0.122. The second-order valence-electron chi connectivity index (χ2n) is 7.23. The number of hydrogen-bond acceptors (Lipinski definition) is 6. The highest BCUT2D eigenvalue weighted by molar-refractivity contribution is 6.30. The number of aryl methyl sites for hydroxylation is 1. The molecule has 1 saturated heterocycles. The Bertz CT molecular complexity index is 877. The number of carbonyl (C=O) groups is 1. The van der Waals surface area contributed by atoms with Gasteiger partial charge in [-0.25, -0.2) is 15.0 Å². The van der Waals surface area contributed by atoms with Gasteiger partial charge in [-0.05, 0) is 32.6 Å². The van der Waals surface area contributed by atoms with Gasteiger partial charge in [0.15, 0.2) is 5.82 Å². The van der Waals surface area contributed by atoms with E-state index in [2.05, 4.69) is 32.4 Å². The second-order valence-corrected chi connectivity index (χ2v) is 7.72. The van der Waals surface area contributed by atoms with Gasteiger partial charge in [0.1, 0.15) is 17.7 Å². The van der Waals surface area contributed by atoms with Crippen molar-refractivity contribution in [2.45, 2.75) is 45.6 Å². The second kappa shape index (κ2) is 7.91. The number of nitrogens with one attached hydrogen (secondary N) is 2. The van der Waals surface area contributed by atoms with Crippen molar-refractivity contribution in [3.63, 3.8) is 0 Å². The Labute approximate surface area is 170 Å². The fourth-order valence-electron chi connectivity index (χ4n) is 4.06. The van der Waals surface area contributed by atoms with Gasteiger partial charge in [0, 0.05) is 47.9 Å². The third kappa shape index (κ3) is 3.39. The highest BCUT2D eigenvalue weighted by atomic mass is 35.5. The molecule has 4 rings (SSSR count). The summed E-state index contributed by atoms with van der Waals surface area (Å²) in [5, 5.41) is 6.90. The smallest absolute Gasteiger partial charge is 0.242 e. The maximum absolute atomic E-state index is 12.5. The van der Waals surface area contributed by atoms with E-state index in [1.54, 1.807) is 6.20 Å². The van der Waals surface area contributed by atoms with Gasteiger partial charge in [0.05, 0.1) is 5.92 Å². The molecule has 28 heavy (non-hydrogen) atoms. The lowest BCUT2D eigenvalue weighted by atomic mass is 9.95. The van der Waals surface area contributed by atoms with E-state index in [1.807, 2.05) is 19.3 Å². The SMILES string of the molecule is CCNC(=O)C1CCCN1c1nc(C2=CNC3=NC=C(Cl)CC23)ncc1CC. The Hall–Kier alpha value is -2.41. The molecule has 2 atom stereocenters. The van der Waals surface area contributed by atoms with E-state index in [0.29, 0.717) is 18.8 Å². The van der Waals surface area contributed by atoms with Crippen LogP contribution in [0.2, 0.25) is 0 Å². The van der Waals surface area contributed by atoms with Crippen LogP contribution in [0.25, 0.3) is 5.57 Å². The molecule has 1 aromatic heterocycles. The predicted octanol–water partition coefficient (Wildman–Crippen LogP) is 2.59. The molecule has 1 aromatic rings. The quantitative estimate of drug-likeness (QED) is 0.793. The van der Waals surface area contributed by atoms with Crippen molar-refractivity contribution in [2.75, 3.05) is 18.0 Å². The van der Waals surface area contributed by atoms with Crippen molar-refractivity contribution in [1.29, 1.82) is 0 Å². The van der Waals surface area contributed by atoms with Crippen LogP contribution in [0.1, 0.15) is 44.5 Å². The fourth-order valence-corrected chi connectivity index (χ4v) is 4.26. The van der Waals surface area contributed by atoms with Crippen molar-refractivity contribution >= 4 is 34.7 Å². The van der Waals surface area contributed by atoms with Crippen LogP contribution < -0.4 is 15.5 Å². The fraction of sp³-hybridized carbons (Fsp3) is 0.500. The molecule has 3 aliphatic heterocycles. The first kappa shape index (κ1) is 18.9. The molecule has 0 spiro atoms. The van der Waals surface area contributed by atoms with Crippen molar-refractivity contribution in [1.82, 2.24) is 20.6 Å². The Morgan fingerprint density at radius 1 is 1.43 bits per heavy atom. The number of hydrogen-bond donors (Lipinski definition) is 2. The molecule has 0 saturated carbocycles. The average molecular weight is 401 g/mol. The monoisotopic (exact) mass is 400 g/mol. The molecule has 1 fully saturated rings. The van der Waals surface area contributed by atoms with Crippen LogP contribution in [0, 0.1) is 5.92 Å². The zero-order valence-corrected chi connectivity index (χ0v) is 17.0. The van der Waals surface area contributed by atoms with Gasteiger partial charge in [0.2, 0.25) is 5.91 Å². The summed E-state index contributed by atoms with van der Waals surface area (Å²) in [5.41, 5.74) is 2.05. The van der Waals surface area contributed by atoms with Crippen molar-refractivity contribution in [3.8, 4) is 0 Å². The van der Waals surface area contributed by atoms with E-state index in [4.69, 9.17) is 16.6 Å². The van der Waals surface area contributed by atoms with E-state index >= 15 is 0 Å². The zero-order valence-electron chi connectivity index (χ0n) is 16.2. The Morgan fingerprint density at radius 3 is 3.07 bits per heavy atom. The Balaban J connectivity index is 1.67. The first-order chi connectivity index (χ1) is 13.6. The van der Waals surface area contributed by atoms with Gasteiger partial charge in [-0.15, -0.1) is 0 Å². The summed E-state index contributed by atoms with van der Waals surface area (Å²) in [4.78, 5) is 28.6. The Kier molecular flexibility index (Phi) is 5.35. The molecule has 1 amide bonds. The summed E-state index contributed by atoms with van der Waals surface area (Å²) >= 11 is 6.21. The molecule has 2 unspecified atom stereocenters. The molecule has 2 N–H and O–H groups in total. The summed E-state index contributed by atoms with van der Waals surface area (Å²) in [6.07, 6.45) is 8.83. The van der Waals surface area contributed by atoms with Crippen LogP contribution >= 0.6 is 11.6 Å². The average Bonchev–Trinajstić information content (AvgIpc) is 3.34. The third-order valence-corrected chi connectivity index (χ3v) is 5.74. The molecule has 0 aliphatic carbocycles. The maximum atomic E-state index is 12.5. The zero-order chi connectivity index (χ0) is 19.7. The summed E-state index contributed by atoms with van der Waals surface area (Å²) in [5.74, 6) is 2.54. The molecular weight excluding hydrogens is 376 g/mol. The van der Waals surface area contributed by atoms with Crippen LogP contribution in [-0.4, -0.2) is 40.8 Å². The van der Waals surface area contributed by atoms with Gasteiger partial charge in [-0.3, -0.25) is 4.79 Å². The van der Waals surface area contributed by atoms with E-state index in [0.717, 1.165) is 53.6 Å². The number of rotatable bonds is 5. The topological polar surface area (TPSA) is 82.5 Å². The maximum Gasteiger partial charge on any atom is 0.242 e. The lowest BCUT2D eigenvalue weighted by Crippen LogP contribution is -2.44. The van der Waals surface area contributed by atoms with Crippen LogP contribution in [-0.2, 0) is 11.2 Å². The van der Waals surface area contributed by atoms with Gasteiger partial charge in [-0.2, -0.15) is 0 Å². The molecule has 8 heteroatoms. The molecule has 0 bridgehead atoms. The highest BCUT2D eigenvalue weighted by Gasteiger charge is 2.35. The molecule has 0 aromatic carbocycles. The van der Waals surface area contributed by atoms with Crippen molar-refractivity contribution in [3.05, 3.63) is 35.0 Å². The largest absolute Gasteiger partial charge is 0.355 e. The minimum atomic E-state index is -0.173. The number of amides is 1. The highest BCUT2D eigenvalue weighted by Crippen LogP contribution is 2.36. The number of allylic oxidation sites excluding steroid dienone is 1. The minimum Gasteiger partial charge on any atom is -0.355 e. The summed E-state index contributed by atoms with van der Waals surface area (Å²) < 4.78 is 0. The number of aromatic nitrogens is 2. The minimum absolute atomic E-state index is 0.0515. The number of halogens is 1. The molecule has 148 valence electrons. The van der Waals surface area contributed by atoms with E-state index in [1.165, 1.54) is 0 Å². The first-order valence-corrected chi connectivity index (χ1v) is 10.3. The van der Waals surface area contributed by atoms with Crippen LogP contribution in [0.3, 0.4) is 0 Å². The number of likely N-dealkylation sites (N-methyl/N-ethyl adjacent to an activating group) is 1. The molecular formula is C20H25ClN6O. The first-order valence-electron chi connectivity index (χ1n) is 9.91. The molecule has 7 nitrogen and oxygen atoms in total.